The summed E-state index contributed by atoms with van der Waals surface area (Å²) < 4.78 is 1.87. The van der Waals surface area contributed by atoms with Crippen molar-refractivity contribution in [2.75, 3.05) is 0 Å². The zero-order valence-electron chi connectivity index (χ0n) is 11.9. The van der Waals surface area contributed by atoms with Crippen LogP contribution in [0.1, 0.15) is 51.3 Å². The molecule has 1 aliphatic carbocycles. The van der Waals surface area contributed by atoms with Crippen LogP contribution in [-0.2, 0) is 6.54 Å². The molecule has 108 valence electrons. The van der Waals surface area contributed by atoms with E-state index in [0.717, 1.165) is 21.3 Å². The molecule has 1 aromatic heterocycles. The molecule has 1 saturated carbocycles. The summed E-state index contributed by atoms with van der Waals surface area (Å²) in [6, 6.07) is 2.78. The van der Waals surface area contributed by atoms with Crippen molar-refractivity contribution in [3.05, 3.63) is 19.8 Å². The van der Waals surface area contributed by atoms with Crippen LogP contribution in [0.2, 0.25) is 4.34 Å². The molecule has 2 atom stereocenters. The third-order valence-corrected chi connectivity index (χ3v) is 6.59. The van der Waals surface area contributed by atoms with Crippen molar-refractivity contribution in [1.29, 1.82) is 0 Å². The number of thiophene rings is 1. The van der Waals surface area contributed by atoms with E-state index in [0.29, 0.717) is 11.5 Å². The van der Waals surface area contributed by atoms with Crippen LogP contribution in [0.3, 0.4) is 0 Å². The highest BCUT2D eigenvalue weighted by Gasteiger charge is 2.33. The van der Waals surface area contributed by atoms with E-state index in [1.54, 1.807) is 11.3 Å². The predicted octanol–water partition coefficient (Wildman–Crippen LogP) is 5.86. The Bertz CT molecular complexity index is 405. The maximum absolute atomic E-state index is 6.10. The first-order valence-corrected chi connectivity index (χ1v) is 9.04. The van der Waals surface area contributed by atoms with Crippen molar-refractivity contribution < 1.29 is 0 Å². The Morgan fingerprint density at radius 2 is 2.05 bits per heavy atom. The summed E-state index contributed by atoms with van der Waals surface area (Å²) in [6.07, 6.45) is 5.41. The molecule has 1 nitrogen and oxygen atoms in total. The lowest BCUT2D eigenvalue weighted by Crippen LogP contribution is -2.43. The Labute approximate surface area is 134 Å². The fraction of sp³-hybridized carbons (Fsp3) is 0.733. The highest BCUT2D eigenvalue weighted by atomic mass is 79.9. The average Bonchev–Trinajstić information content (AvgIpc) is 2.65. The van der Waals surface area contributed by atoms with Crippen LogP contribution in [0.5, 0.6) is 0 Å². The van der Waals surface area contributed by atoms with E-state index in [-0.39, 0.29) is 0 Å². The van der Waals surface area contributed by atoms with E-state index in [1.165, 1.54) is 30.6 Å². The van der Waals surface area contributed by atoms with E-state index in [2.05, 4.69) is 48.1 Å². The van der Waals surface area contributed by atoms with Gasteiger partial charge in [0.15, 0.2) is 0 Å². The zero-order chi connectivity index (χ0) is 14.0. The van der Waals surface area contributed by atoms with E-state index in [9.17, 15) is 0 Å². The van der Waals surface area contributed by atoms with Gasteiger partial charge in [-0.2, -0.15) is 0 Å². The predicted molar refractivity (Wildman–Crippen MR) is 89.1 cm³/mol. The lowest BCUT2D eigenvalue weighted by Gasteiger charge is -2.41. The lowest BCUT2D eigenvalue weighted by molar-refractivity contribution is 0.130. The first kappa shape index (κ1) is 15.8. The summed E-state index contributed by atoms with van der Waals surface area (Å²) in [5.41, 5.74) is 0.395. The smallest absolute Gasteiger partial charge is 0.107 e. The van der Waals surface area contributed by atoms with Gasteiger partial charge in [-0.1, -0.05) is 45.2 Å². The quantitative estimate of drug-likeness (QED) is 0.708. The Hall–Kier alpha value is 0.430. The molecule has 2 rings (SSSR count). The molecule has 0 radical (unpaired) electrons. The average molecular weight is 365 g/mol. The highest BCUT2D eigenvalue weighted by Crippen LogP contribution is 2.38. The van der Waals surface area contributed by atoms with Gasteiger partial charge in [0.1, 0.15) is 4.34 Å². The second-order valence-corrected chi connectivity index (χ2v) is 9.17. The van der Waals surface area contributed by atoms with E-state index >= 15 is 0 Å². The molecule has 0 saturated heterocycles. The van der Waals surface area contributed by atoms with Gasteiger partial charge in [0.05, 0.1) is 0 Å². The number of nitrogens with one attached hydrogen (secondary N) is 1. The summed E-state index contributed by atoms with van der Waals surface area (Å²) >= 11 is 11.2. The first-order valence-electron chi connectivity index (χ1n) is 7.05. The van der Waals surface area contributed by atoms with Crippen LogP contribution < -0.4 is 5.32 Å². The fourth-order valence-corrected chi connectivity index (χ4v) is 4.86. The van der Waals surface area contributed by atoms with Gasteiger partial charge in [-0.25, -0.2) is 0 Å². The number of halogens is 2. The van der Waals surface area contributed by atoms with Gasteiger partial charge < -0.3 is 5.32 Å². The minimum atomic E-state index is 0.395. The lowest BCUT2D eigenvalue weighted by atomic mass is 9.69. The molecule has 1 N–H and O–H groups in total. The van der Waals surface area contributed by atoms with Crippen LogP contribution in [0, 0.1) is 11.3 Å². The van der Waals surface area contributed by atoms with Crippen molar-refractivity contribution in [3.63, 3.8) is 0 Å². The van der Waals surface area contributed by atoms with Crippen LogP contribution in [0.25, 0.3) is 0 Å². The topological polar surface area (TPSA) is 12.0 Å². The van der Waals surface area contributed by atoms with Gasteiger partial charge in [0.25, 0.3) is 0 Å². The van der Waals surface area contributed by atoms with Crippen LogP contribution >= 0.6 is 38.9 Å². The molecular weight excluding hydrogens is 342 g/mol. The molecule has 4 heteroatoms. The molecule has 1 fully saturated rings. The second kappa shape index (κ2) is 6.46. The summed E-state index contributed by atoms with van der Waals surface area (Å²) in [6.45, 7) is 8.05. The molecule has 1 aromatic rings. The summed E-state index contributed by atoms with van der Waals surface area (Å²) in [4.78, 5) is 1.31. The molecule has 0 aromatic carbocycles. The number of hydrogen-bond acceptors (Lipinski definition) is 2. The van der Waals surface area contributed by atoms with E-state index < -0.39 is 0 Å². The Morgan fingerprint density at radius 1 is 1.37 bits per heavy atom. The van der Waals surface area contributed by atoms with Gasteiger partial charge >= 0.3 is 0 Å². The van der Waals surface area contributed by atoms with Crippen molar-refractivity contribution in [3.8, 4) is 0 Å². The SMILES string of the molecule is CC(C)(C)C1CCCCC1NCc1cc(Br)c(Cl)s1. The monoisotopic (exact) mass is 363 g/mol. The minimum Gasteiger partial charge on any atom is -0.309 e. The molecule has 0 bridgehead atoms. The van der Waals surface area contributed by atoms with Crippen molar-refractivity contribution in [1.82, 2.24) is 5.32 Å². The standard InChI is InChI=1S/C15H23BrClNS/c1-15(2,3)11-6-4-5-7-13(11)18-9-10-8-12(16)14(17)19-10/h8,11,13,18H,4-7,9H2,1-3H3. The summed E-state index contributed by atoms with van der Waals surface area (Å²) in [5, 5.41) is 3.77. The number of hydrogen-bond donors (Lipinski definition) is 1. The zero-order valence-corrected chi connectivity index (χ0v) is 15.1. The summed E-state index contributed by atoms with van der Waals surface area (Å²) in [7, 11) is 0. The van der Waals surface area contributed by atoms with Gasteiger partial charge in [-0.15, -0.1) is 11.3 Å². The van der Waals surface area contributed by atoms with Crippen LogP contribution in [0.15, 0.2) is 10.5 Å². The molecule has 0 aliphatic heterocycles. The number of rotatable bonds is 3. The van der Waals surface area contributed by atoms with E-state index in [1.807, 2.05) is 0 Å². The third-order valence-electron chi connectivity index (χ3n) is 4.11. The molecular formula is C15H23BrClNS. The van der Waals surface area contributed by atoms with Gasteiger partial charge in [-0.3, -0.25) is 0 Å². The highest BCUT2D eigenvalue weighted by molar-refractivity contribution is 9.10. The van der Waals surface area contributed by atoms with Gasteiger partial charge in [0, 0.05) is 21.9 Å². The second-order valence-electron chi connectivity index (χ2n) is 6.58. The maximum Gasteiger partial charge on any atom is 0.107 e. The minimum absolute atomic E-state index is 0.395. The Balaban J connectivity index is 1.96. The Kier molecular flexibility index (Phi) is 5.38. The molecule has 0 amide bonds. The first-order chi connectivity index (χ1) is 8.88. The van der Waals surface area contributed by atoms with Crippen molar-refractivity contribution in [2.45, 2.75) is 59.0 Å². The van der Waals surface area contributed by atoms with Crippen LogP contribution in [-0.4, -0.2) is 6.04 Å². The van der Waals surface area contributed by atoms with E-state index in [4.69, 9.17) is 11.6 Å². The molecule has 2 unspecified atom stereocenters. The van der Waals surface area contributed by atoms with Gasteiger partial charge in [-0.05, 0) is 46.2 Å². The fourth-order valence-electron chi connectivity index (χ4n) is 3.12. The van der Waals surface area contributed by atoms with Crippen molar-refractivity contribution >= 4 is 38.9 Å². The largest absolute Gasteiger partial charge is 0.309 e. The Morgan fingerprint density at radius 3 is 2.63 bits per heavy atom. The molecule has 19 heavy (non-hydrogen) atoms. The summed E-state index contributed by atoms with van der Waals surface area (Å²) in [5.74, 6) is 0.778. The maximum atomic E-state index is 6.10. The normalized spacial score (nSPS) is 24.7. The third kappa shape index (κ3) is 4.20. The van der Waals surface area contributed by atoms with Crippen LogP contribution in [0.4, 0.5) is 0 Å². The molecule has 1 aliphatic rings. The van der Waals surface area contributed by atoms with Crippen molar-refractivity contribution in [2.24, 2.45) is 11.3 Å². The molecule has 1 heterocycles. The molecule has 0 spiro atoms. The van der Waals surface area contributed by atoms with Gasteiger partial charge in [0.2, 0.25) is 0 Å².